The Labute approximate surface area is 162 Å². The van der Waals surface area contributed by atoms with Crippen molar-refractivity contribution < 1.29 is 9.18 Å². The summed E-state index contributed by atoms with van der Waals surface area (Å²) in [7, 11) is 1.76. The topological polar surface area (TPSA) is 35.6 Å². The Morgan fingerprint density at radius 1 is 1.04 bits per heavy atom. The Morgan fingerprint density at radius 2 is 1.63 bits per heavy atom. The van der Waals surface area contributed by atoms with Crippen LogP contribution in [0.2, 0.25) is 0 Å². The van der Waals surface area contributed by atoms with Crippen molar-refractivity contribution in [1.82, 2.24) is 15.1 Å². The lowest BCUT2D eigenvalue weighted by Gasteiger charge is -2.26. The van der Waals surface area contributed by atoms with Crippen LogP contribution >= 0.6 is 0 Å². The zero-order valence-electron chi connectivity index (χ0n) is 16.7. The van der Waals surface area contributed by atoms with Gasteiger partial charge in [0.15, 0.2) is 0 Å². The Balaban J connectivity index is 1.99. The van der Waals surface area contributed by atoms with Crippen LogP contribution in [0.4, 0.5) is 9.18 Å². The van der Waals surface area contributed by atoms with Crippen molar-refractivity contribution in [2.24, 2.45) is 0 Å². The standard InChI is InChI=1S/C22H30FN3O/c1-5-26(6-2)16-20-10-8-7-9-19(20)15-24-22(27)25(4)17(3)18-11-13-21(23)14-12-18/h7-14,17H,5-6,15-16H2,1-4H3,(H,24,27). The van der Waals surface area contributed by atoms with Crippen molar-refractivity contribution in [2.45, 2.75) is 39.9 Å². The Kier molecular flexibility index (Phi) is 7.80. The number of carbonyl (C=O) groups is 1. The van der Waals surface area contributed by atoms with Crippen LogP contribution in [0, 0.1) is 5.82 Å². The highest BCUT2D eigenvalue weighted by Gasteiger charge is 2.17. The molecular formula is C22H30FN3O. The molecule has 27 heavy (non-hydrogen) atoms. The Bertz CT molecular complexity index is 729. The van der Waals surface area contributed by atoms with Gasteiger partial charge < -0.3 is 10.2 Å². The second-order valence-electron chi connectivity index (χ2n) is 6.73. The molecule has 5 heteroatoms. The van der Waals surface area contributed by atoms with Gasteiger partial charge in [0.1, 0.15) is 5.82 Å². The summed E-state index contributed by atoms with van der Waals surface area (Å²) in [6.07, 6.45) is 0. The maximum Gasteiger partial charge on any atom is 0.317 e. The number of hydrogen-bond acceptors (Lipinski definition) is 2. The minimum absolute atomic E-state index is 0.142. The van der Waals surface area contributed by atoms with E-state index in [1.165, 1.54) is 17.7 Å². The first-order chi connectivity index (χ1) is 13.0. The number of nitrogens with zero attached hydrogens (tertiary/aromatic N) is 2. The highest BCUT2D eigenvalue weighted by Crippen LogP contribution is 2.19. The molecule has 0 fully saturated rings. The summed E-state index contributed by atoms with van der Waals surface area (Å²) < 4.78 is 13.1. The van der Waals surface area contributed by atoms with Gasteiger partial charge in [-0.2, -0.15) is 0 Å². The van der Waals surface area contributed by atoms with Gasteiger partial charge in [0, 0.05) is 20.1 Å². The van der Waals surface area contributed by atoms with E-state index in [1.807, 2.05) is 19.1 Å². The van der Waals surface area contributed by atoms with Crippen LogP contribution < -0.4 is 5.32 Å². The van der Waals surface area contributed by atoms with Gasteiger partial charge >= 0.3 is 6.03 Å². The SMILES string of the molecule is CCN(CC)Cc1ccccc1CNC(=O)N(C)C(C)c1ccc(F)cc1. The van der Waals surface area contributed by atoms with E-state index in [-0.39, 0.29) is 17.9 Å². The molecule has 1 atom stereocenters. The highest BCUT2D eigenvalue weighted by molar-refractivity contribution is 5.74. The van der Waals surface area contributed by atoms with E-state index in [0.717, 1.165) is 30.8 Å². The molecule has 0 saturated carbocycles. The van der Waals surface area contributed by atoms with Gasteiger partial charge in [-0.25, -0.2) is 9.18 Å². The number of carbonyl (C=O) groups excluding carboxylic acids is 1. The number of benzene rings is 2. The van der Waals surface area contributed by atoms with Crippen LogP contribution in [0.25, 0.3) is 0 Å². The van der Waals surface area contributed by atoms with E-state index in [1.54, 1.807) is 24.1 Å². The number of nitrogens with one attached hydrogen (secondary N) is 1. The molecule has 0 spiro atoms. The lowest BCUT2D eigenvalue weighted by atomic mass is 10.1. The fourth-order valence-electron chi connectivity index (χ4n) is 3.01. The van der Waals surface area contributed by atoms with Crippen LogP contribution in [0.15, 0.2) is 48.5 Å². The molecule has 2 aromatic carbocycles. The monoisotopic (exact) mass is 371 g/mol. The smallest absolute Gasteiger partial charge is 0.317 e. The fraction of sp³-hybridized carbons (Fsp3) is 0.409. The van der Waals surface area contributed by atoms with E-state index in [0.29, 0.717) is 6.54 Å². The van der Waals surface area contributed by atoms with Gasteiger partial charge in [0.25, 0.3) is 0 Å². The minimum Gasteiger partial charge on any atom is -0.334 e. The summed E-state index contributed by atoms with van der Waals surface area (Å²) in [6.45, 7) is 9.59. The number of hydrogen-bond donors (Lipinski definition) is 1. The molecular weight excluding hydrogens is 341 g/mol. The van der Waals surface area contributed by atoms with Gasteiger partial charge in [-0.15, -0.1) is 0 Å². The minimum atomic E-state index is -0.275. The lowest BCUT2D eigenvalue weighted by Crippen LogP contribution is -2.38. The first-order valence-corrected chi connectivity index (χ1v) is 9.51. The van der Waals surface area contributed by atoms with Crippen molar-refractivity contribution in [3.05, 3.63) is 71.0 Å². The number of urea groups is 1. The van der Waals surface area contributed by atoms with Crippen LogP contribution in [0.1, 0.15) is 43.5 Å². The molecule has 0 aromatic heterocycles. The summed E-state index contributed by atoms with van der Waals surface area (Å²) in [5.74, 6) is -0.275. The molecule has 2 amide bonds. The molecule has 1 N–H and O–H groups in total. The van der Waals surface area contributed by atoms with Crippen LogP contribution in [0.3, 0.4) is 0 Å². The molecule has 0 aliphatic carbocycles. The first kappa shape index (κ1) is 20.9. The molecule has 0 saturated heterocycles. The summed E-state index contributed by atoms with van der Waals surface area (Å²) in [4.78, 5) is 16.6. The normalized spacial score (nSPS) is 12.1. The summed E-state index contributed by atoms with van der Waals surface area (Å²) in [5.41, 5.74) is 3.26. The Morgan fingerprint density at radius 3 is 2.22 bits per heavy atom. The number of rotatable bonds is 8. The molecule has 1 unspecified atom stereocenters. The molecule has 0 heterocycles. The van der Waals surface area contributed by atoms with Crippen molar-refractivity contribution >= 4 is 6.03 Å². The molecule has 0 radical (unpaired) electrons. The van der Waals surface area contributed by atoms with E-state index < -0.39 is 0 Å². The average molecular weight is 372 g/mol. The first-order valence-electron chi connectivity index (χ1n) is 9.51. The maximum absolute atomic E-state index is 13.1. The molecule has 0 aliphatic rings. The Hall–Kier alpha value is -2.40. The summed E-state index contributed by atoms with van der Waals surface area (Å²) >= 11 is 0. The van der Waals surface area contributed by atoms with E-state index in [4.69, 9.17) is 0 Å². The number of amides is 2. The van der Waals surface area contributed by atoms with Crippen molar-refractivity contribution in [2.75, 3.05) is 20.1 Å². The molecule has 0 bridgehead atoms. The molecule has 2 rings (SSSR count). The summed E-state index contributed by atoms with van der Waals surface area (Å²) in [5, 5.41) is 3.00. The fourth-order valence-corrected chi connectivity index (χ4v) is 3.01. The van der Waals surface area contributed by atoms with Crippen LogP contribution in [-0.2, 0) is 13.1 Å². The third-order valence-electron chi connectivity index (χ3n) is 5.09. The zero-order chi connectivity index (χ0) is 19.8. The van der Waals surface area contributed by atoms with Crippen LogP contribution in [0.5, 0.6) is 0 Å². The van der Waals surface area contributed by atoms with Gasteiger partial charge in [0.05, 0.1) is 6.04 Å². The second kappa shape index (κ2) is 10.1. The van der Waals surface area contributed by atoms with Crippen molar-refractivity contribution in [3.63, 3.8) is 0 Å². The third kappa shape index (κ3) is 5.79. The van der Waals surface area contributed by atoms with Gasteiger partial charge in [-0.3, -0.25) is 4.90 Å². The average Bonchev–Trinajstić information content (AvgIpc) is 2.70. The molecule has 2 aromatic rings. The lowest BCUT2D eigenvalue weighted by molar-refractivity contribution is 0.194. The van der Waals surface area contributed by atoms with E-state index in [9.17, 15) is 9.18 Å². The van der Waals surface area contributed by atoms with Gasteiger partial charge in [0.2, 0.25) is 0 Å². The van der Waals surface area contributed by atoms with Crippen LogP contribution in [-0.4, -0.2) is 36.0 Å². The van der Waals surface area contributed by atoms with Gasteiger partial charge in [-0.05, 0) is 48.8 Å². The molecule has 0 aliphatic heterocycles. The summed E-state index contributed by atoms with van der Waals surface area (Å²) in [6, 6.07) is 14.2. The molecule has 4 nitrogen and oxygen atoms in total. The quantitative estimate of drug-likeness (QED) is 0.738. The predicted octanol–water partition coefficient (Wildman–Crippen LogP) is 4.57. The van der Waals surface area contributed by atoms with E-state index >= 15 is 0 Å². The highest BCUT2D eigenvalue weighted by atomic mass is 19.1. The van der Waals surface area contributed by atoms with Crippen molar-refractivity contribution in [3.8, 4) is 0 Å². The van der Waals surface area contributed by atoms with Gasteiger partial charge in [-0.1, -0.05) is 50.2 Å². The largest absolute Gasteiger partial charge is 0.334 e. The zero-order valence-corrected chi connectivity index (χ0v) is 16.7. The second-order valence-corrected chi connectivity index (χ2v) is 6.73. The third-order valence-corrected chi connectivity index (χ3v) is 5.09. The maximum atomic E-state index is 13.1. The predicted molar refractivity (Wildman–Crippen MR) is 108 cm³/mol. The number of halogens is 1. The van der Waals surface area contributed by atoms with Crippen molar-refractivity contribution in [1.29, 1.82) is 0 Å². The molecule has 146 valence electrons. The van der Waals surface area contributed by atoms with E-state index in [2.05, 4.69) is 36.2 Å².